The minimum Gasteiger partial charge on any atom is -0.465 e. The van der Waals surface area contributed by atoms with Gasteiger partial charge in [-0.3, -0.25) is 14.9 Å². The lowest BCUT2D eigenvalue weighted by Gasteiger charge is -2.44. The summed E-state index contributed by atoms with van der Waals surface area (Å²) >= 11 is 1.28. The number of benzene rings is 2. The highest BCUT2D eigenvalue weighted by Crippen LogP contribution is 2.39. The minimum absolute atomic E-state index is 0.0439. The molecule has 0 radical (unpaired) electrons. The zero-order chi connectivity index (χ0) is 33.7. The Kier molecular flexibility index (Phi) is 8.31. The van der Waals surface area contributed by atoms with Crippen molar-refractivity contribution >= 4 is 34.4 Å². The van der Waals surface area contributed by atoms with Gasteiger partial charge in [-0.1, -0.05) is 45.0 Å². The van der Waals surface area contributed by atoms with Crippen LogP contribution >= 0.6 is 11.3 Å². The molecule has 3 aliphatic heterocycles. The standard InChI is InChI=1S/C36H39FN6O4S/c1-36(2,3)29-16-22(10-13-42(29)35(46)47)15-21-6-8-23(9-7-21)24-17-25-26(27(37)18-24)19-43(33(25)45)31(32(44)40-34-38-11-14-48-34)30-28-5-4-12-41(28)20-39-30/h6-9,11,14,17-18,20,22,29,31H,4-5,10,12-13,15-16,19H2,1-3H3,(H,46,47)(H,38,40,44). The van der Waals surface area contributed by atoms with Crippen LogP contribution in [0.15, 0.2) is 54.3 Å². The molecule has 3 aliphatic rings. The van der Waals surface area contributed by atoms with Crippen LogP contribution in [0.3, 0.4) is 0 Å². The Hall–Kier alpha value is -4.58. The van der Waals surface area contributed by atoms with Crippen molar-refractivity contribution in [3.05, 3.63) is 88.2 Å². The number of nitrogens with one attached hydrogen (secondary N) is 1. The first kappa shape index (κ1) is 32.0. The van der Waals surface area contributed by atoms with Crippen LogP contribution in [0.4, 0.5) is 14.3 Å². The van der Waals surface area contributed by atoms with Gasteiger partial charge in [0.25, 0.3) is 11.8 Å². The summed E-state index contributed by atoms with van der Waals surface area (Å²) in [6, 6.07) is 10.0. The summed E-state index contributed by atoms with van der Waals surface area (Å²) in [6.07, 6.45) is 6.55. The second-order valence-electron chi connectivity index (χ2n) is 14.2. The van der Waals surface area contributed by atoms with E-state index in [1.807, 2.05) is 28.8 Å². The normalized spacial score (nSPS) is 19.7. The number of carbonyl (C=O) groups excluding carboxylic acids is 2. The number of carbonyl (C=O) groups is 3. The number of imidazole rings is 1. The van der Waals surface area contributed by atoms with Gasteiger partial charge in [-0.2, -0.15) is 0 Å². The number of nitrogens with zero attached hydrogens (tertiary/aromatic N) is 5. The van der Waals surface area contributed by atoms with Crippen LogP contribution in [-0.2, 0) is 30.7 Å². The van der Waals surface area contributed by atoms with E-state index in [2.05, 4.69) is 36.1 Å². The second-order valence-corrected chi connectivity index (χ2v) is 15.1. The molecule has 2 aromatic heterocycles. The molecule has 0 bridgehead atoms. The van der Waals surface area contributed by atoms with Gasteiger partial charge < -0.3 is 19.5 Å². The largest absolute Gasteiger partial charge is 0.465 e. The van der Waals surface area contributed by atoms with Crippen molar-refractivity contribution in [1.82, 2.24) is 24.3 Å². The third-order valence-corrected chi connectivity index (χ3v) is 10.7. The lowest BCUT2D eigenvalue weighted by Crippen LogP contribution is -2.51. The number of fused-ring (bicyclic) bond motifs is 2. The molecule has 3 atom stereocenters. The summed E-state index contributed by atoms with van der Waals surface area (Å²) in [4.78, 5) is 51.3. The number of piperidine rings is 1. The number of anilines is 1. The Balaban J connectivity index is 1.11. The molecule has 0 aliphatic carbocycles. The van der Waals surface area contributed by atoms with Crippen molar-refractivity contribution < 1.29 is 23.9 Å². The summed E-state index contributed by atoms with van der Waals surface area (Å²) in [5.41, 5.74) is 4.29. The summed E-state index contributed by atoms with van der Waals surface area (Å²) in [6.45, 7) is 7.55. The van der Waals surface area contributed by atoms with Gasteiger partial charge in [0.1, 0.15) is 5.82 Å². The van der Waals surface area contributed by atoms with E-state index in [-0.39, 0.29) is 29.1 Å². The maximum absolute atomic E-state index is 15.8. The van der Waals surface area contributed by atoms with E-state index < -0.39 is 29.8 Å². The average molecular weight is 671 g/mol. The number of aromatic nitrogens is 3. The number of thiazole rings is 1. The van der Waals surface area contributed by atoms with Crippen molar-refractivity contribution in [3.63, 3.8) is 0 Å². The molecule has 4 aromatic rings. The van der Waals surface area contributed by atoms with Crippen LogP contribution in [0.2, 0.25) is 0 Å². The van der Waals surface area contributed by atoms with E-state index in [1.165, 1.54) is 22.3 Å². The van der Waals surface area contributed by atoms with Gasteiger partial charge in [0.05, 0.1) is 18.6 Å². The van der Waals surface area contributed by atoms with Gasteiger partial charge in [-0.15, -0.1) is 11.3 Å². The Morgan fingerprint density at radius 3 is 2.62 bits per heavy atom. The number of likely N-dealkylation sites (tertiary alicyclic amines) is 1. The third-order valence-electron chi connectivity index (χ3n) is 10.1. The van der Waals surface area contributed by atoms with Gasteiger partial charge in [0.2, 0.25) is 0 Å². The van der Waals surface area contributed by atoms with Crippen molar-refractivity contribution in [2.75, 3.05) is 11.9 Å². The average Bonchev–Trinajstić information content (AvgIpc) is 3.85. The molecule has 3 amide bonds. The summed E-state index contributed by atoms with van der Waals surface area (Å²) in [5.74, 6) is -0.982. The third kappa shape index (κ3) is 5.98. The fraction of sp³-hybridized carbons (Fsp3) is 0.417. The number of halogens is 1. The van der Waals surface area contributed by atoms with Gasteiger partial charge >= 0.3 is 6.09 Å². The molecule has 5 heterocycles. The van der Waals surface area contributed by atoms with Gasteiger partial charge in [-0.05, 0) is 72.3 Å². The van der Waals surface area contributed by atoms with Crippen molar-refractivity contribution in [3.8, 4) is 11.1 Å². The molecule has 3 unspecified atom stereocenters. The number of aryl methyl sites for hydroxylation is 1. The molecule has 1 fully saturated rings. The molecule has 2 N–H and O–H groups in total. The van der Waals surface area contributed by atoms with E-state index >= 15 is 4.39 Å². The lowest BCUT2D eigenvalue weighted by molar-refractivity contribution is -0.121. The van der Waals surface area contributed by atoms with E-state index in [0.717, 1.165) is 55.5 Å². The van der Waals surface area contributed by atoms with Crippen LogP contribution in [0.25, 0.3) is 11.1 Å². The highest BCUT2D eigenvalue weighted by molar-refractivity contribution is 7.13. The SMILES string of the molecule is CC(C)(C)C1CC(Cc2ccc(-c3cc(F)c4c(c3)C(=O)N(C(C(=O)Nc3nccs3)c3ncn5c3CCC5)C4)cc2)CCN1C(=O)O. The number of carboxylic acid groups (broad SMARTS) is 1. The maximum Gasteiger partial charge on any atom is 0.407 e. The first-order valence-electron chi connectivity index (χ1n) is 16.4. The zero-order valence-corrected chi connectivity index (χ0v) is 28.1. The quantitative estimate of drug-likeness (QED) is 0.224. The molecule has 12 heteroatoms. The number of rotatable bonds is 7. The fourth-order valence-electron chi connectivity index (χ4n) is 7.61. The lowest BCUT2D eigenvalue weighted by atomic mass is 9.75. The highest BCUT2D eigenvalue weighted by Gasteiger charge is 2.42. The minimum atomic E-state index is -1.04. The molecule has 250 valence electrons. The van der Waals surface area contributed by atoms with E-state index in [4.69, 9.17) is 0 Å². The van der Waals surface area contributed by atoms with Crippen LogP contribution < -0.4 is 5.32 Å². The molecule has 0 saturated carbocycles. The van der Waals surface area contributed by atoms with E-state index in [0.29, 0.717) is 28.9 Å². The van der Waals surface area contributed by atoms with Gasteiger partial charge in [-0.25, -0.2) is 19.2 Å². The first-order chi connectivity index (χ1) is 23.0. The van der Waals surface area contributed by atoms with Crippen molar-refractivity contribution in [2.45, 2.75) is 78.0 Å². The van der Waals surface area contributed by atoms with E-state index in [9.17, 15) is 19.5 Å². The Morgan fingerprint density at radius 2 is 1.92 bits per heavy atom. The molecule has 2 aromatic carbocycles. The van der Waals surface area contributed by atoms with E-state index in [1.54, 1.807) is 28.9 Å². The maximum atomic E-state index is 15.8. The molecule has 1 saturated heterocycles. The summed E-state index contributed by atoms with van der Waals surface area (Å²) in [7, 11) is 0. The summed E-state index contributed by atoms with van der Waals surface area (Å²) in [5, 5.41) is 14.7. The fourth-order valence-corrected chi connectivity index (χ4v) is 8.14. The summed E-state index contributed by atoms with van der Waals surface area (Å²) < 4.78 is 17.8. The highest BCUT2D eigenvalue weighted by atomic mass is 32.1. The molecular formula is C36H39FN6O4S. The van der Waals surface area contributed by atoms with Gasteiger partial charge in [0.15, 0.2) is 11.2 Å². The molecule has 7 rings (SSSR count). The molecular weight excluding hydrogens is 631 g/mol. The monoisotopic (exact) mass is 670 g/mol. The topological polar surface area (TPSA) is 121 Å². The number of hydrogen-bond donors (Lipinski definition) is 2. The predicted molar refractivity (Wildman–Crippen MR) is 180 cm³/mol. The smallest absolute Gasteiger partial charge is 0.407 e. The van der Waals surface area contributed by atoms with Crippen molar-refractivity contribution in [1.29, 1.82) is 0 Å². The zero-order valence-electron chi connectivity index (χ0n) is 27.3. The first-order valence-corrected chi connectivity index (χ1v) is 17.3. The Morgan fingerprint density at radius 1 is 1.12 bits per heavy atom. The van der Waals surface area contributed by atoms with Crippen molar-refractivity contribution in [2.24, 2.45) is 11.3 Å². The molecule has 0 spiro atoms. The second kappa shape index (κ2) is 12.5. The Bertz CT molecular complexity index is 1870. The van der Waals surface area contributed by atoms with Crippen LogP contribution in [0, 0.1) is 17.2 Å². The Labute approximate surface area is 282 Å². The predicted octanol–water partition coefficient (Wildman–Crippen LogP) is 6.77. The van der Waals surface area contributed by atoms with Crippen LogP contribution in [0.5, 0.6) is 0 Å². The molecule has 10 nitrogen and oxygen atoms in total. The number of amides is 3. The van der Waals surface area contributed by atoms with Crippen LogP contribution in [0.1, 0.15) is 78.9 Å². The molecule has 48 heavy (non-hydrogen) atoms. The number of hydrogen-bond acceptors (Lipinski definition) is 6. The van der Waals surface area contributed by atoms with Gasteiger partial charge in [0, 0.05) is 47.5 Å². The van der Waals surface area contributed by atoms with Crippen LogP contribution in [-0.4, -0.2) is 59.9 Å².